The SMILES string of the molecule is COCCOc1ccc(/N=N/c2cc(S(=O)(=O)N3CCCC3)c(O)c3cccc(NS(C)(=O)=O)c23)cc1S(=O)(=O)O. The number of rotatable bonds is 11. The predicted octanol–water partition coefficient (Wildman–Crippen LogP) is 3.39. The molecular weight excluding hydrogens is 600 g/mol. The van der Waals surface area contributed by atoms with Gasteiger partial charge in [-0.1, -0.05) is 12.1 Å². The van der Waals surface area contributed by atoms with Gasteiger partial charge in [0.2, 0.25) is 20.0 Å². The minimum atomic E-state index is -4.74. The van der Waals surface area contributed by atoms with Crippen molar-refractivity contribution in [3.05, 3.63) is 42.5 Å². The van der Waals surface area contributed by atoms with Crippen molar-refractivity contribution in [3.63, 3.8) is 0 Å². The summed E-state index contributed by atoms with van der Waals surface area (Å²) < 4.78 is 98.4. The van der Waals surface area contributed by atoms with E-state index in [0.717, 1.165) is 18.4 Å². The number of ether oxygens (including phenoxy) is 2. The molecule has 0 spiro atoms. The maximum Gasteiger partial charge on any atom is 0.298 e. The van der Waals surface area contributed by atoms with Gasteiger partial charge in [-0.2, -0.15) is 17.8 Å². The van der Waals surface area contributed by atoms with Crippen molar-refractivity contribution in [2.75, 3.05) is 44.4 Å². The number of hydrogen-bond donors (Lipinski definition) is 3. The van der Waals surface area contributed by atoms with Crippen LogP contribution in [-0.4, -0.2) is 78.9 Å². The van der Waals surface area contributed by atoms with Crippen LogP contribution >= 0.6 is 0 Å². The van der Waals surface area contributed by atoms with Crippen molar-refractivity contribution >= 4 is 58.0 Å². The number of anilines is 1. The Bertz CT molecular complexity index is 1820. The summed E-state index contributed by atoms with van der Waals surface area (Å²) in [7, 11) is -11.3. The van der Waals surface area contributed by atoms with Gasteiger partial charge in [0.05, 0.1) is 29.9 Å². The maximum absolute atomic E-state index is 13.4. The Morgan fingerprint density at radius 1 is 0.951 bits per heavy atom. The van der Waals surface area contributed by atoms with Gasteiger partial charge in [-0.25, -0.2) is 16.8 Å². The number of benzene rings is 3. The zero-order valence-electron chi connectivity index (χ0n) is 22.0. The number of phenolic OH excluding ortho intramolecular Hbond substituents is 1. The summed E-state index contributed by atoms with van der Waals surface area (Å²) in [6, 6.07) is 8.92. The van der Waals surface area contributed by atoms with Crippen molar-refractivity contribution in [3.8, 4) is 11.5 Å². The largest absolute Gasteiger partial charge is 0.506 e. The van der Waals surface area contributed by atoms with Crippen LogP contribution in [0, 0.1) is 0 Å². The Morgan fingerprint density at radius 3 is 2.29 bits per heavy atom. The van der Waals surface area contributed by atoms with Gasteiger partial charge < -0.3 is 14.6 Å². The second-order valence-electron chi connectivity index (χ2n) is 9.10. The van der Waals surface area contributed by atoms with Gasteiger partial charge in [-0.15, -0.1) is 5.11 Å². The number of fused-ring (bicyclic) bond motifs is 1. The van der Waals surface area contributed by atoms with Gasteiger partial charge in [0.15, 0.2) is 0 Å². The Kier molecular flexibility index (Phi) is 8.86. The third-order valence-corrected chi connectivity index (χ3v) is 9.46. The van der Waals surface area contributed by atoms with Crippen LogP contribution in [0.1, 0.15) is 12.8 Å². The number of hydrogen-bond acceptors (Lipinski definition) is 11. The third-order valence-electron chi connectivity index (χ3n) is 6.08. The number of methoxy groups -OCH3 is 1. The van der Waals surface area contributed by atoms with Crippen LogP contribution < -0.4 is 9.46 Å². The van der Waals surface area contributed by atoms with Gasteiger partial charge >= 0.3 is 0 Å². The quantitative estimate of drug-likeness (QED) is 0.160. The van der Waals surface area contributed by atoms with Gasteiger partial charge in [0, 0.05) is 31.0 Å². The van der Waals surface area contributed by atoms with E-state index in [2.05, 4.69) is 15.0 Å². The monoisotopic (exact) mass is 628 g/mol. The van der Waals surface area contributed by atoms with Gasteiger partial charge in [0.1, 0.15) is 27.9 Å². The molecule has 3 aromatic carbocycles. The zero-order valence-corrected chi connectivity index (χ0v) is 24.5. The second-order valence-corrected chi connectivity index (χ2v) is 14.1. The first-order valence-electron chi connectivity index (χ1n) is 12.1. The molecule has 0 radical (unpaired) electrons. The fourth-order valence-electron chi connectivity index (χ4n) is 4.28. The maximum atomic E-state index is 13.4. The van der Waals surface area contributed by atoms with Crippen molar-refractivity contribution in [2.24, 2.45) is 10.2 Å². The van der Waals surface area contributed by atoms with Crippen molar-refractivity contribution in [1.82, 2.24) is 4.31 Å². The molecule has 222 valence electrons. The molecule has 17 heteroatoms. The number of nitrogens with zero attached hydrogens (tertiary/aromatic N) is 3. The smallest absolute Gasteiger partial charge is 0.298 e. The molecule has 1 fully saturated rings. The van der Waals surface area contributed by atoms with Crippen LogP contribution in [0.2, 0.25) is 0 Å². The average Bonchev–Trinajstić information content (AvgIpc) is 3.44. The van der Waals surface area contributed by atoms with Crippen LogP contribution in [0.4, 0.5) is 17.1 Å². The van der Waals surface area contributed by atoms with Crippen LogP contribution in [0.25, 0.3) is 10.8 Å². The summed E-state index contributed by atoms with van der Waals surface area (Å²) in [5.41, 5.74) is -0.188. The summed E-state index contributed by atoms with van der Waals surface area (Å²) in [5.74, 6) is -0.744. The summed E-state index contributed by atoms with van der Waals surface area (Å²) in [5, 5.41) is 19.2. The van der Waals surface area contributed by atoms with E-state index >= 15 is 0 Å². The fraction of sp³-hybridized carbons (Fsp3) is 0.333. The number of phenols is 1. The predicted molar refractivity (Wildman–Crippen MR) is 150 cm³/mol. The lowest BCUT2D eigenvalue weighted by molar-refractivity contribution is 0.144. The molecule has 1 heterocycles. The lowest BCUT2D eigenvalue weighted by Gasteiger charge is -2.19. The highest BCUT2D eigenvalue weighted by molar-refractivity contribution is 7.92. The minimum absolute atomic E-state index is 0.000105. The molecule has 3 aromatic rings. The van der Waals surface area contributed by atoms with Crippen LogP contribution in [0.5, 0.6) is 11.5 Å². The normalized spacial score (nSPS) is 15.1. The molecule has 3 N–H and O–H groups in total. The molecule has 0 aromatic heterocycles. The van der Waals surface area contributed by atoms with E-state index < -0.39 is 45.7 Å². The molecule has 0 saturated carbocycles. The number of sulfonamides is 2. The zero-order chi connectivity index (χ0) is 30.0. The molecule has 1 aliphatic heterocycles. The molecule has 1 saturated heterocycles. The molecule has 0 unspecified atom stereocenters. The van der Waals surface area contributed by atoms with Crippen LogP contribution in [0.15, 0.2) is 62.5 Å². The number of aromatic hydroxyl groups is 1. The van der Waals surface area contributed by atoms with E-state index in [0.29, 0.717) is 12.8 Å². The topological polar surface area (TPSA) is 201 Å². The Morgan fingerprint density at radius 2 is 1.66 bits per heavy atom. The van der Waals surface area contributed by atoms with E-state index in [1.54, 1.807) is 0 Å². The van der Waals surface area contributed by atoms with Crippen LogP contribution in [-0.2, 0) is 34.9 Å². The van der Waals surface area contributed by atoms with Crippen LogP contribution in [0.3, 0.4) is 0 Å². The minimum Gasteiger partial charge on any atom is -0.506 e. The fourth-order valence-corrected chi connectivity index (χ4v) is 7.13. The van der Waals surface area contributed by atoms with Gasteiger partial charge in [0.25, 0.3) is 10.1 Å². The van der Waals surface area contributed by atoms with Crippen molar-refractivity contribution in [1.29, 1.82) is 0 Å². The number of azo groups is 1. The molecule has 1 aliphatic rings. The van der Waals surface area contributed by atoms with E-state index in [-0.39, 0.29) is 59.9 Å². The lowest BCUT2D eigenvalue weighted by Crippen LogP contribution is -2.27. The second kappa shape index (κ2) is 11.9. The Hall–Kier alpha value is -3.35. The first-order chi connectivity index (χ1) is 19.2. The van der Waals surface area contributed by atoms with Crippen molar-refractivity contribution < 1.29 is 44.4 Å². The number of nitrogens with one attached hydrogen (secondary N) is 1. The molecule has 4 rings (SSSR count). The highest BCUT2D eigenvalue weighted by atomic mass is 32.2. The van der Waals surface area contributed by atoms with Crippen molar-refractivity contribution in [2.45, 2.75) is 22.6 Å². The molecule has 0 aliphatic carbocycles. The third kappa shape index (κ3) is 6.94. The molecule has 41 heavy (non-hydrogen) atoms. The highest BCUT2D eigenvalue weighted by Gasteiger charge is 2.32. The van der Waals surface area contributed by atoms with E-state index in [4.69, 9.17) is 9.47 Å². The molecule has 0 bridgehead atoms. The summed E-state index contributed by atoms with van der Waals surface area (Å²) >= 11 is 0. The van der Waals surface area contributed by atoms with Gasteiger partial charge in [-0.05, 0) is 43.2 Å². The standard InChI is InChI=1S/C24H28N4O10S3/c1-37-12-13-38-20-9-8-16(14-21(20)41(34,35)36)25-26-19-15-22(40(32,33)28-10-3-4-11-28)24(29)17-6-5-7-18(23(17)19)27-39(2,30)31/h5-9,14-15,27,29H,3-4,10-13H2,1-2H3,(H,34,35,36)/b26-25+. The Labute approximate surface area is 237 Å². The van der Waals surface area contributed by atoms with E-state index in [9.17, 15) is 34.9 Å². The molecule has 0 atom stereocenters. The first kappa shape index (κ1) is 30.6. The van der Waals surface area contributed by atoms with Gasteiger partial charge in [-0.3, -0.25) is 9.27 Å². The van der Waals surface area contributed by atoms with E-state index in [1.807, 2.05) is 0 Å². The summed E-state index contributed by atoms with van der Waals surface area (Å²) in [6.07, 6.45) is 2.24. The molecular formula is C24H28N4O10S3. The summed E-state index contributed by atoms with van der Waals surface area (Å²) in [4.78, 5) is -1.03. The lowest BCUT2D eigenvalue weighted by atomic mass is 10.1. The molecule has 0 amide bonds. The first-order valence-corrected chi connectivity index (χ1v) is 16.9. The molecule has 14 nitrogen and oxygen atoms in total. The average molecular weight is 629 g/mol. The Balaban J connectivity index is 1.90. The highest BCUT2D eigenvalue weighted by Crippen LogP contribution is 2.44. The van der Waals surface area contributed by atoms with E-state index in [1.165, 1.54) is 41.7 Å². The summed E-state index contributed by atoms with van der Waals surface area (Å²) in [6.45, 7) is 0.698.